The lowest BCUT2D eigenvalue weighted by Crippen LogP contribution is -2.19. The molecular weight excluding hydrogens is 315 g/mol. The van der Waals surface area contributed by atoms with Gasteiger partial charge in [0.2, 0.25) is 5.91 Å². The number of hydrogen-bond donors (Lipinski definition) is 2. The molecule has 1 amide bonds. The number of primary amides is 1. The molecule has 0 aliphatic carbocycles. The first-order valence-corrected chi connectivity index (χ1v) is 6.36. The summed E-state index contributed by atoms with van der Waals surface area (Å²) >= 11 is 2.26. The fourth-order valence-corrected chi connectivity index (χ4v) is 2.07. The van der Waals surface area contributed by atoms with E-state index in [0.717, 1.165) is 12.0 Å². The van der Waals surface area contributed by atoms with E-state index >= 15 is 0 Å². The van der Waals surface area contributed by atoms with Gasteiger partial charge in [-0.3, -0.25) is 4.79 Å². The molecule has 0 saturated carbocycles. The second-order valence-electron chi connectivity index (χ2n) is 4.17. The van der Waals surface area contributed by atoms with Crippen LogP contribution in [0.15, 0.2) is 24.3 Å². The van der Waals surface area contributed by atoms with Gasteiger partial charge in [-0.2, -0.15) is 0 Å². The number of amides is 1. The van der Waals surface area contributed by atoms with E-state index in [1.807, 2.05) is 31.2 Å². The molecule has 0 bridgehead atoms. The van der Waals surface area contributed by atoms with Crippen molar-refractivity contribution < 1.29 is 4.79 Å². The standard InChI is InChI=1S/C12H17IN2O/c1-8(7-12(15)16)6-11(14)9-2-4-10(13)5-3-9/h2-5,8,11H,6-7,14H2,1H3,(H2,15,16). The highest BCUT2D eigenvalue weighted by molar-refractivity contribution is 14.1. The van der Waals surface area contributed by atoms with E-state index in [0.29, 0.717) is 6.42 Å². The summed E-state index contributed by atoms with van der Waals surface area (Å²) in [4.78, 5) is 10.8. The average molecular weight is 332 g/mol. The van der Waals surface area contributed by atoms with E-state index in [-0.39, 0.29) is 17.9 Å². The van der Waals surface area contributed by atoms with Gasteiger partial charge in [0, 0.05) is 16.0 Å². The van der Waals surface area contributed by atoms with E-state index < -0.39 is 0 Å². The average Bonchev–Trinajstić information content (AvgIpc) is 2.16. The molecule has 0 heterocycles. The van der Waals surface area contributed by atoms with Crippen LogP contribution in [-0.4, -0.2) is 5.91 Å². The fourth-order valence-electron chi connectivity index (χ4n) is 1.71. The molecule has 3 nitrogen and oxygen atoms in total. The van der Waals surface area contributed by atoms with Crippen LogP contribution in [-0.2, 0) is 4.79 Å². The van der Waals surface area contributed by atoms with Gasteiger partial charge in [-0.15, -0.1) is 0 Å². The van der Waals surface area contributed by atoms with Gasteiger partial charge in [0.25, 0.3) is 0 Å². The van der Waals surface area contributed by atoms with Gasteiger partial charge in [0.05, 0.1) is 0 Å². The van der Waals surface area contributed by atoms with Crippen LogP contribution in [0.2, 0.25) is 0 Å². The van der Waals surface area contributed by atoms with Gasteiger partial charge >= 0.3 is 0 Å². The van der Waals surface area contributed by atoms with Crippen molar-refractivity contribution in [2.45, 2.75) is 25.8 Å². The van der Waals surface area contributed by atoms with Gasteiger partial charge < -0.3 is 11.5 Å². The molecule has 4 heteroatoms. The Morgan fingerprint density at radius 1 is 1.38 bits per heavy atom. The van der Waals surface area contributed by atoms with Gasteiger partial charge in [-0.1, -0.05) is 19.1 Å². The molecule has 0 aliphatic heterocycles. The molecule has 2 atom stereocenters. The fraction of sp³-hybridized carbons (Fsp3) is 0.417. The molecule has 2 unspecified atom stereocenters. The van der Waals surface area contributed by atoms with Crippen LogP contribution in [0.5, 0.6) is 0 Å². The third-order valence-electron chi connectivity index (χ3n) is 2.50. The smallest absolute Gasteiger partial charge is 0.217 e. The Bertz CT molecular complexity index is 351. The summed E-state index contributed by atoms with van der Waals surface area (Å²) < 4.78 is 1.19. The van der Waals surface area contributed by atoms with Crippen molar-refractivity contribution in [2.24, 2.45) is 17.4 Å². The summed E-state index contributed by atoms with van der Waals surface area (Å²) in [5, 5.41) is 0. The minimum atomic E-state index is -0.262. The maximum absolute atomic E-state index is 10.8. The van der Waals surface area contributed by atoms with E-state index in [1.165, 1.54) is 3.57 Å². The Morgan fingerprint density at radius 3 is 2.44 bits per heavy atom. The summed E-state index contributed by atoms with van der Waals surface area (Å²) in [6.07, 6.45) is 1.18. The normalized spacial score (nSPS) is 14.4. The molecule has 88 valence electrons. The summed E-state index contributed by atoms with van der Waals surface area (Å²) in [7, 11) is 0. The maximum Gasteiger partial charge on any atom is 0.217 e. The molecule has 0 fully saturated rings. The minimum absolute atomic E-state index is 0.0219. The summed E-state index contributed by atoms with van der Waals surface area (Å²) in [6.45, 7) is 2.00. The molecule has 4 N–H and O–H groups in total. The van der Waals surface area contributed by atoms with Crippen LogP contribution in [0.4, 0.5) is 0 Å². The molecule has 0 spiro atoms. The van der Waals surface area contributed by atoms with Gasteiger partial charge in [0.1, 0.15) is 0 Å². The summed E-state index contributed by atoms with van der Waals surface area (Å²) in [5.41, 5.74) is 12.3. The number of nitrogens with two attached hydrogens (primary N) is 2. The predicted molar refractivity (Wildman–Crippen MR) is 73.7 cm³/mol. The van der Waals surface area contributed by atoms with Gasteiger partial charge in [-0.05, 0) is 52.6 Å². The second kappa shape index (κ2) is 6.20. The maximum atomic E-state index is 10.8. The largest absolute Gasteiger partial charge is 0.370 e. The molecule has 1 aromatic rings. The van der Waals surface area contributed by atoms with E-state index in [9.17, 15) is 4.79 Å². The highest BCUT2D eigenvalue weighted by Gasteiger charge is 2.12. The summed E-state index contributed by atoms with van der Waals surface area (Å²) in [6, 6.07) is 8.11. The van der Waals surface area contributed by atoms with E-state index in [2.05, 4.69) is 22.6 Å². The first kappa shape index (κ1) is 13.4. The number of hydrogen-bond acceptors (Lipinski definition) is 2. The molecule has 0 saturated heterocycles. The Kier molecular flexibility index (Phi) is 5.21. The topological polar surface area (TPSA) is 69.1 Å². The zero-order valence-corrected chi connectivity index (χ0v) is 11.5. The van der Waals surface area contributed by atoms with Crippen LogP contribution in [0.3, 0.4) is 0 Å². The third kappa shape index (κ3) is 4.49. The van der Waals surface area contributed by atoms with E-state index in [4.69, 9.17) is 11.5 Å². The zero-order chi connectivity index (χ0) is 12.1. The van der Waals surface area contributed by atoms with Crippen molar-refractivity contribution in [1.29, 1.82) is 0 Å². The first-order valence-electron chi connectivity index (χ1n) is 5.28. The Hall–Kier alpha value is -0.620. The number of halogens is 1. The van der Waals surface area contributed by atoms with Crippen LogP contribution in [0, 0.1) is 9.49 Å². The number of carbonyl (C=O) groups is 1. The predicted octanol–water partition coefficient (Wildman–Crippen LogP) is 2.19. The van der Waals surface area contributed by atoms with Crippen LogP contribution < -0.4 is 11.5 Å². The Morgan fingerprint density at radius 2 is 1.94 bits per heavy atom. The lowest BCUT2D eigenvalue weighted by molar-refractivity contribution is -0.118. The highest BCUT2D eigenvalue weighted by Crippen LogP contribution is 2.21. The van der Waals surface area contributed by atoms with Gasteiger partial charge in [-0.25, -0.2) is 0 Å². The van der Waals surface area contributed by atoms with Crippen molar-refractivity contribution in [3.05, 3.63) is 33.4 Å². The van der Waals surface area contributed by atoms with E-state index in [1.54, 1.807) is 0 Å². The lowest BCUT2D eigenvalue weighted by Gasteiger charge is -2.16. The van der Waals surface area contributed by atoms with Crippen molar-refractivity contribution in [3.8, 4) is 0 Å². The lowest BCUT2D eigenvalue weighted by atomic mass is 9.94. The zero-order valence-electron chi connectivity index (χ0n) is 9.32. The van der Waals surface area contributed by atoms with Crippen molar-refractivity contribution >= 4 is 28.5 Å². The summed E-state index contributed by atoms with van der Waals surface area (Å²) in [5.74, 6) is -0.0333. The van der Waals surface area contributed by atoms with Crippen LogP contribution in [0.1, 0.15) is 31.4 Å². The second-order valence-corrected chi connectivity index (χ2v) is 5.41. The van der Waals surface area contributed by atoms with Gasteiger partial charge in [0.15, 0.2) is 0 Å². The van der Waals surface area contributed by atoms with Crippen molar-refractivity contribution in [1.82, 2.24) is 0 Å². The molecule has 1 aromatic carbocycles. The molecule has 1 rings (SSSR count). The molecule has 16 heavy (non-hydrogen) atoms. The third-order valence-corrected chi connectivity index (χ3v) is 3.22. The Balaban J connectivity index is 2.54. The molecular formula is C12H17IN2O. The molecule has 0 aromatic heterocycles. The minimum Gasteiger partial charge on any atom is -0.370 e. The monoisotopic (exact) mass is 332 g/mol. The number of carbonyl (C=O) groups excluding carboxylic acids is 1. The molecule has 0 aliphatic rings. The van der Waals surface area contributed by atoms with Crippen molar-refractivity contribution in [2.75, 3.05) is 0 Å². The first-order chi connectivity index (χ1) is 7.49. The SMILES string of the molecule is CC(CC(N)=O)CC(N)c1ccc(I)cc1. The molecule has 0 radical (unpaired) electrons. The highest BCUT2D eigenvalue weighted by atomic mass is 127. The number of rotatable bonds is 5. The quantitative estimate of drug-likeness (QED) is 0.812. The Labute approximate surface area is 110 Å². The number of benzene rings is 1. The van der Waals surface area contributed by atoms with Crippen LogP contribution >= 0.6 is 22.6 Å². The van der Waals surface area contributed by atoms with Crippen molar-refractivity contribution in [3.63, 3.8) is 0 Å². The van der Waals surface area contributed by atoms with Crippen LogP contribution in [0.25, 0.3) is 0 Å².